The molecule has 1 atom stereocenters. The fourth-order valence-corrected chi connectivity index (χ4v) is 4.37. The SMILES string of the molecule is CCNC(=O)C(CC)N(Cc1c(Cl)cccc1Cl)C(=O)CSCc1ccc(F)cc1. The van der Waals surface area contributed by atoms with E-state index in [1.807, 2.05) is 13.8 Å². The smallest absolute Gasteiger partial charge is 0.242 e. The fourth-order valence-electron chi connectivity index (χ4n) is 2.99. The summed E-state index contributed by atoms with van der Waals surface area (Å²) in [6.45, 7) is 4.31. The number of carbonyl (C=O) groups is 2. The molecule has 0 saturated carbocycles. The normalized spacial score (nSPS) is 11.8. The predicted molar refractivity (Wildman–Crippen MR) is 122 cm³/mol. The Bertz CT molecular complexity index is 844. The quantitative estimate of drug-likeness (QED) is 0.511. The fraction of sp³-hybridized carbons (Fsp3) is 0.364. The van der Waals surface area contributed by atoms with Crippen LogP contribution in [0.25, 0.3) is 0 Å². The summed E-state index contributed by atoms with van der Waals surface area (Å²) in [6.07, 6.45) is 0.461. The Kier molecular flexibility index (Phi) is 9.95. The summed E-state index contributed by atoms with van der Waals surface area (Å²) in [5, 5.41) is 3.69. The number of hydrogen-bond donors (Lipinski definition) is 1. The third kappa shape index (κ3) is 6.89. The van der Waals surface area contributed by atoms with Gasteiger partial charge in [0, 0.05) is 34.5 Å². The van der Waals surface area contributed by atoms with Crippen LogP contribution in [-0.2, 0) is 21.9 Å². The average Bonchev–Trinajstić information content (AvgIpc) is 2.71. The van der Waals surface area contributed by atoms with Gasteiger partial charge in [-0.2, -0.15) is 0 Å². The van der Waals surface area contributed by atoms with E-state index in [2.05, 4.69) is 5.32 Å². The molecule has 2 rings (SSSR count). The van der Waals surface area contributed by atoms with Crippen molar-refractivity contribution in [1.82, 2.24) is 10.2 Å². The highest BCUT2D eigenvalue weighted by molar-refractivity contribution is 7.99. The first-order chi connectivity index (χ1) is 14.4. The minimum absolute atomic E-state index is 0.143. The molecule has 0 bridgehead atoms. The molecule has 0 aliphatic carbocycles. The number of nitrogens with one attached hydrogen (secondary N) is 1. The van der Waals surface area contributed by atoms with Crippen molar-refractivity contribution in [1.29, 1.82) is 0 Å². The molecular formula is C22H25Cl2FN2O2S. The summed E-state index contributed by atoms with van der Waals surface area (Å²) in [5.41, 5.74) is 1.53. The molecule has 0 aliphatic heterocycles. The van der Waals surface area contributed by atoms with Crippen molar-refractivity contribution in [2.45, 2.75) is 38.6 Å². The van der Waals surface area contributed by atoms with Crippen molar-refractivity contribution in [3.63, 3.8) is 0 Å². The number of carbonyl (C=O) groups excluding carboxylic acids is 2. The predicted octanol–water partition coefficient (Wildman–Crippen LogP) is 5.31. The molecule has 4 nitrogen and oxygen atoms in total. The van der Waals surface area contributed by atoms with E-state index in [9.17, 15) is 14.0 Å². The molecule has 2 aromatic carbocycles. The third-order valence-electron chi connectivity index (χ3n) is 4.53. The standard InChI is InChI=1S/C22H25Cl2FN2O2S/c1-3-20(22(29)26-4-2)27(12-17-18(23)6-5-7-19(17)24)21(28)14-30-13-15-8-10-16(25)11-9-15/h5-11,20H,3-4,12-14H2,1-2H3,(H,26,29). The minimum atomic E-state index is -0.629. The largest absolute Gasteiger partial charge is 0.355 e. The van der Waals surface area contributed by atoms with E-state index in [1.54, 1.807) is 30.3 Å². The topological polar surface area (TPSA) is 49.4 Å². The molecular weight excluding hydrogens is 446 g/mol. The molecule has 2 aromatic rings. The first-order valence-corrected chi connectivity index (χ1v) is 11.6. The van der Waals surface area contributed by atoms with Gasteiger partial charge < -0.3 is 10.2 Å². The maximum atomic E-state index is 13.1. The Morgan fingerprint density at radius 2 is 1.73 bits per heavy atom. The van der Waals surface area contributed by atoms with E-state index in [-0.39, 0.29) is 29.9 Å². The van der Waals surface area contributed by atoms with Crippen LogP contribution in [-0.4, -0.2) is 35.1 Å². The first kappa shape index (κ1) is 24.5. The van der Waals surface area contributed by atoms with Crippen LogP contribution in [0.4, 0.5) is 4.39 Å². The lowest BCUT2D eigenvalue weighted by atomic mass is 10.1. The second-order valence-electron chi connectivity index (χ2n) is 6.66. The van der Waals surface area contributed by atoms with Crippen LogP contribution < -0.4 is 5.32 Å². The van der Waals surface area contributed by atoms with Gasteiger partial charge >= 0.3 is 0 Å². The Morgan fingerprint density at radius 3 is 2.30 bits per heavy atom. The molecule has 30 heavy (non-hydrogen) atoms. The van der Waals surface area contributed by atoms with Gasteiger partial charge in [0.15, 0.2) is 0 Å². The van der Waals surface area contributed by atoms with E-state index in [0.29, 0.717) is 34.3 Å². The number of hydrogen-bond acceptors (Lipinski definition) is 3. The molecule has 0 spiro atoms. The third-order valence-corrected chi connectivity index (χ3v) is 6.23. The minimum Gasteiger partial charge on any atom is -0.355 e. The van der Waals surface area contributed by atoms with E-state index in [4.69, 9.17) is 23.2 Å². The highest BCUT2D eigenvalue weighted by Crippen LogP contribution is 2.27. The molecule has 8 heteroatoms. The Balaban J connectivity index is 2.17. The number of nitrogens with zero attached hydrogens (tertiary/aromatic N) is 1. The van der Waals surface area contributed by atoms with Crippen LogP contribution >= 0.6 is 35.0 Å². The monoisotopic (exact) mass is 470 g/mol. The van der Waals surface area contributed by atoms with Gasteiger partial charge in [0.2, 0.25) is 11.8 Å². The van der Waals surface area contributed by atoms with Gasteiger partial charge in [-0.25, -0.2) is 4.39 Å². The number of benzene rings is 2. The summed E-state index contributed by atoms with van der Waals surface area (Å²) in [5.74, 6) is 0.0478. The van der Waals surface area contributed by atoms with Crippen molar-refractivity contribution in [3.05, 3.63) is 69.5 Å². The molecule has 1 unspecified atom stereocenters. The average molecular weight is 471 g/mol. The number of amides is 2. The second-order valence-corrected chi connectivity index (χ2v) is 8.46. The van der Waals surface area contributed by atoms with Gasteiger partial charge in [-0.3, -0.25) is 9.59 Å². The van der Waals surface area contributed by atoms with Crippen molar-refractivity contribution in [2.75, 3.05) is 12.3 Å². The summed E-state index contributed by atoms with van der Waals surface area (Å²) < 4.78 is 13.1. The van der Waals surface area contributed by atoms with Crippen LogP contribution in [0.15, 0.2) is 42.5 Å². The zero-order valence-corrected chi connectivity index (χ0v) is 19.3. The molecule has 1 N–H and O–H groups in total. The molecule has 0 aromatic heterocycles. The van der Waals surface area contributed by atoms with E-state index >= 15 is 0 Å². The van der Waals surface area contributed by atoms with Crippen molar-refractivity contribution < 1.29 is 14.0 Å². The lowest BCUT2D eigenvalue weighted by molar-refractivity contribution is -0.139. The Labute approximate surface area is 191 Å². The summed E-state index contributed by atoms with van der Waals surface area (Å²) in [6, 6.07) is 10.7. The van der Waals surface area contributed by atoms with Gasteiger partial charge in [-0.05, 0) is 43.2 Å². The van der Waals surface area contributed by atoms with Gasteiger partial charge in [0.1, 0.15) is 11.9 Å². The van der Waals surface area contributed by atoms with Gasteiger partial charge in [0.05, 0.1) is 5.75 Å². The van der Waals surface area contributed by atoms with Gasteiger partial charge in [0.25, 0.3) is 0 Å². The lowest BCUT2D eigenvalue weighted by Crippen LogP contribution is -2.49. The van der Waals surface area contributed by atoms with Crippen LogP contribution in [0.5, 0.6) is 0 Å². The number of halogens is 3. The van der Waals surface area contributed by atoms with Crippen molar-refractivity contribution in [3.8, 4) is 0 Å². The summed E-state index contributed by atoms with van der Waals surface area (Å²) >= 11 is 14.0. The van der Waals surface area contributed by atoms with Crippen molar-refractivity contribution >= 4 is 46.8 Å². The molecule has 0 fully saturated rings. The molecule has 0 aliphatic rings. The highest BCUT2D eigenvalue weighted by atomic mass is 35.5. The van der Waals surface area contributed by atoms with Gasteiger partial charge in [-0.15, -0.1) is 11.8 Å². The maximum absolute atomic E-state index is 13.1. The van der Waals surface area contributed by atoms with E-state index in [1.165, 1.54) is 28.8 Å². The van der Waals surface area contributed by atoms with Crippen LogP contribution in [0.3, 0.4) is 0 Å². The van der Waals surface area contributed by atoms with Crippen LogP contribution in [0.1, 0.15) is 31.4 Å². The molecule has 0 heterocycles. The Hall–Kier alpha value is -1.76. The second kappa shape index (κ2) is 12.2. The number of rotatable bonds is 10. The zero-order chi connectivity index (χ0) is 22.1. The maximum Gasteiger partial charge on any atom is 0.242 e. The van der Waals surface area contributed by atoms with Gasteiger partial charge in [-0.1, -0.05) is 48.3 Å². The molecule has 0 radical (unpaired) electrons. The first-order valence-electron chi connectivity index (χ1n) is 9.69. The molecule has 0 saturated heterocycles. The van der Waals surface area contributed by atoms with Crippen LogP contribution in [0, 0.1) is 5.82 Å². The van der Waals surface area contributed by atoms with E-state index in [0.717, 1.165) is 5.56 Å². The molecule has 2 amide bonds. The summed E-state index contributed by atoms with van der Waals surface area (Å²) in [7, 11) is 0. The van der Waals surface area contributed by atoms with Crippen LogP contribution in [0.2, 0.25) is 10.0 Å². The molecule has 162 valence electrons. The highest BCUT2D eigenvalue weighted by Gasteiger charge is 2.29. The zero-order valence-electron chi connectivity index (χ0n) is 17.0. The Morgan fingerprint density at radius 1 is 1.10 bits per heavy atom. The van der Waals surface area contributed by atoms with Crippen molar-refractivity contribution in [2.24, 2.45) is 0 Å². The van der Waals surface area contributed by atoms with E-state index < -0.39 is 6.04 Å². The summed E-state index contributed by atoms with van der Waals surface area (Å²) in [4.78, 5) is 27.2. The lowest BCUT2D eigenvalue weighted by Gasteiger charge is -2.31. The number of likely N-dealkylation sites (N-methyl/N-ethyl adjacent to an activating group) is 1. The number of thioether (sulfide) groups is 1.